The maximum absolute atomic E-state index is 11.6. The van der Waals surface area contributed by atoms with E-state index in [1.165, 1.54) is 11.9 Å². The molecule has 1 fully saturated rings. The fourth-order valence-electron chi connectivity index (χ4n) is 2.92. The summed E-state index contributed by atoms with van der Waals surface area (Å²) in [6, 6.07) is 11.3. The van der Waals surface area contributed by atoms with E-state index in [0.717, 1.165) is 19.5 Å². The van der Waals surface area contributed by atoms with Gasteiger partial charge in [0.25, 0.3) is 5.56 Å². The first-order chi connectivity index (χ1) is 10.6. The molecule has 0 spiro atoms. The van der Waals surface area contributed by atoms with E-state index in [4.69, 9.17) is 0 Å². The predicted molar refractivity (Wildman–Crippen MR) is 90.9 cm³/mol. The van der Waals surface area contributed by atoms with Crippen molar-refractivity contribution in [3.05, 3.63) is 57.0 Å². The fourth-order valence-corrected chi connectivity index (χ4v) is 3.25. The SMILES string of the molecule is CC1CC(Nc2nc[nH]c(=O)c2Br)CN1Cc1ccccc1. The molecule has 0 saturated carbocycles. The Hall–Kier alpha value is -1.66. The Bertz CT molecular complexity index is 688. The van der Waals surface area contributed by atoms with Crippen molar-refractivity contribution < 1.29 is 0 Å². The van der Waals surface area contributed by atoms with E-state index in [1.807, 2.05) is 6.07 Å². The molecule has 1 saturated heterocycles. The molecule has 1 aromatic carbocycles. The number of anilines is 1. The van der Waals surface area contributed by atoms with Crippen LogP contribution in [0.25, 0.3) is 0 Å². The van der Waals surface area contributed by atoms with Gasteiger partial charge < -0.3 is 10.3 Å². The third-order valence-electron chi connectivity index (χ3n) is 4.07. The molecule has 2 N–H and O–H groups in total. The van der Waals surface area contributed by atoms with Crippen LogP contribution >= 0.6 is 15.9 Å². The number of hydrogen-bond acceptors (Lipinski definition) is 4. The predicted octanol–water partition coefficient (Wildman–Crippen LogP) is 2.61. The summed E-state index contributed by atoms with van der Waals surface area (Å²) in [6.07, 6.45) is 2.46. The van der Waals surface area contributed by atoms with Gasteiger partial charge in [0.2, 0.25) is 0 Å². The van der Waals surface area contributed by atoms with Crippen molar-refractivity contribution in [2.75, 3.05) is 11.9 Å². The molecule has 2 unspecified atom stereocenters. The number of rotatable bonds is 4. The van der Waals surface area contributed by atoms with E-state index < -0.39 is 0 Å². The number of hydrogen-bond donors (Lipinski definition) is 2. The van der Waals surface area contributed by atoms with E-state index in [0.29, 0.717) is 22.4 Å². The summed E-state index contributed by atoms with van der Waals surface area (Å²) in [5.74, 6) is 0.613. The molecule has 5 nitrogen and oxygen atoms in total. The van der Waals surface area contributed by atoms with Crippen LogP contribution in [0.2, 0.25) is 0 Å². The highest BCUT2D eigenvalue weighted by Gasteiger charge is 2.29. The van der Waals surface area contributed by atoms with Gasteiger partial charge in [0.1, 0.15) is 10.3 Å². The Morgan fingerprint density at radius 2 is 2.18 bits per heavy atom. The number of H-pyrrole nitrogens is 1. The second-order valence-corrected chi connectivity index (χ2v) is 6.53. The minimum absolute atomic E-state index is 0.162. The third-order valence-corrected chi connectivity index (χ3v) is 4.81. The van der Waals surface area contributed by atoms with E-state index in [2.05, 4.69) is 67.3 Å². The molecule has 0 bridgehead atoms. The highest BCUT2D eigenvalue weighted by Crippen LogP contribution is 2.24. The molecule has 3 rings (SSSR count). The minimum atomic E-state index is -0.162. The first-order valence-electron chi connectivity index (χ1n) is 7.41. The van der Waals surface area contributed by atoms with Crippen molar-refractivity contribution in [3.63, 3.8) is 0 Å². The van der Waals surface area contributed by atoms with Crippen LogP contribution in [0.3, 0.4) is 0 Å². The molecule has 2 heterocycles. The van der Waals surface area contributed by atoms with Crippen LogP contribution in [0.5, 0.6) is 0 Å². The minimum Gasteiger partial charge on any atom is -0.365 e. The highest BCUT2D eigenvalue weighted by molar-refractivity contribution is 9.10. The largest absolute Gasteiger partial charge is 0.365 e. The number of nitrogens with one attached hydrogen (secondary N) is 2. The molecule has 1 aromatic heterocycles. The molecular formula is C16H19BrN4O. The van der Waals surface area contributed by atoms with E-state index >= 15 is 0 Å². The molecule has 0 aliphatic carbocycles. The molecular weight excluding hydrogens is 344 g/mol. The fraction of sp³-hybridized carbons (Fsp3) is 0.375. The van der Waals surface area contributed by atoms with Gasteiger partial charge in [-0.1, -0.05) is 30.3 Å². The van der Waals surface area contributed by atoms with Crippen molar-refractivity contribution >= 4 is 21.7 Å². The average molecular weight is 363 g/mol. The third kappa shape index (κ3) is 3.39. The van der Waals surface area contributed by atoms with Crippen molar-refractivity contribution in [3.8, 4) is 0 Å². The number of halogens is 1. The molecule has 22 heavy (non-hydrogen) atoms. The molecule has 6 heteroatoms. The second kappa shape index (κ2) is 6.62. The Morgan fingerprint density at radius 3 is 2.95 bits per heavy atom. The summed E-state index contributed by atoms with van der Waals surface area (Å²) in [5.41, 5.74) is 1.16. The average Bonchev–Trinajstić information content (AvgIpc) is 2.85. The maximum Gasteiger partial charge on any atom is 0.267 e. The van der Waals surface area contributed by atoms with Gasteiger partial charge >= 0.3 is 0 Å². The summed E-state index contributed by atoms with van der Waals surface area (Å²) >= 11 is 3.29. The molecule has 1 aliphatic heterocycles. The number of aromatic amines is 1. The van der Waals surface area contributed by atoms with Crippen molar-refractivity contribution in [2.24, 2.45) is 0 Å². The summed E-state index contributed by atoms with van der Waals surface area (Å²) in [4.78, 5) is 20.8. The molecule has 116 valence electrons. The van der Waals surface area contributed by atoms with E-state index in [1.54, 1.807) is 0 Å². The van der Waals surface area contributed by atoms with Gasteiger partial charge in [-0.3, -0.25) is 9.69 Å². The summed E-state index contributed by atoms with van der Waals surface area (Å²) in [6.45, 7) is 4.13. The van der Waals surface area contributed by atoms with Crippen LogP contribution < -0.4 is 10.9 Å². The van der Waals surface area contributed by atoms with Gasteiger partial charge in [-0.2, -0.15) is 0 Å². The second-order valence-electron chi connectivity index (χ2n) is 5.74. The first kappa shape index (κ1) is 15.2. The number of nitrogens with zero attached hydrogens (tertiary/aromatic N) is 2. The van der Waals surface area contributed by atoms with Gasteiger partial charge in [0.05, 0.1) is 6.33 Å². The van der Waals surface area contributed by atoms with Crippen LogP contribution in [-0.4, -0.2) is 33.5 Å². The number of aromatic nitrogens is 2. The van der Waals surface area contributed by atoms with Crippen molar-refractivity contribution in [1.82, 2.24) is 14.9 Å². The normalized spacial score (nSPS) is 21.9. The molecule has 2 aromatic rings. The van der Waals surface area contributed by atoms with Gasteiger partial charge in [-0.15, -0.1) is 0 Å². The number of benzene rings is 1. The first-order valence-corrected chi connectivity index (χ1v) is 8.20. The van der Waals surface area contributed by atoms with Crippen LogP contribution in [0.4, 0.5) is 5.82 Å². The van der Waals surface area contributed by atoms with Crippen molar-refractivity contribution in [1.29, 1.82) is 0 Å². The topological polar surface area (TPSA) is 61.0 Å². The lowest BCUT2D eigenvalue weighted by molar-refractivity contribution is 0.259. The van der Waals surface area contributed by atoms with Crippen LogP contribution in [0.1, 0.15) is 18.9 Å². The van der Waals surface area contributed by atoms with Crippen LogP contribution in [0.15, 0.2) is 45.9 Å². The molecule has 2 atom stereocenters. The van der Waals surface area contributed by atoms with Crippen molar-refractivity contribution in [2.45, 2.75) is 32.0 Å². The van der Waals surface area contributed by atoms with Gasteiger partial charge in [-0.25, -0.2) is 4.98 Å². The molecule has 0 amide bonds. The highest BCUT2D eigenvalue weighted by atomic mass is 79.9. The zero-order valence-electron chi connectivity index (χ0n) is 12.4. The monoisotopic (exact) mass is 362 g/mol. The Balaban J connectivity index is 1.66. The lowest BCUT2D eigenvalue weighted by Crippen LogP contribution is -2.29. The van der Waals surface area contributed by atoms with Crippen LogP contribution in [0, 0.1) is 0 Å². The maximum atomic E-state index is 11.6. The van der Waals surface area contributed by atoms with Gasteiger partial charge in [0, 0.05) is 25.2 Å². The molecule has 0 radical (unpaired) electrons. The van der Waals surface area contributed by atoms with E-state index in [9.17, 15) is 4.79 Å². The quantitative estimate of drug-likeness (QED) is 0.877. The standard InChI is InChI=1S/C16H19BrN4O/c1-11-7-13(20-15-14(17)16(22)19-10-18-15)9-21(11)8-12-5-3-2-4-6-12/h2-6,10-11,13H,7-9H2,1H3,(H2,18,19,20,22). The number of likely N-dealkylation sites (tertiary alicyclic amines) is 1. The summed E-state index contributed by atoms with van der Waals surface area (Å²) in [5, 5.41) is 3.38. The Morgan fingerprint density at radius 1 is 1.41 bits per heavy atom. The molecule has 1 aliphatic rings. The Labute approximate surface area is 137 Å². The summed E-state index contributed by atoms with van der Waals surface area (Å²) in [7, 11) is 0. The van der Waals surface area contributed by atoms with Crippen LogP contribution in [-0.2, 0) is 6.54 Å². The lowest BCUT2D eigenvalue weighted by atomic mass is 10.2. The zero-order chi connectivity index (χ0) is 15.5. The van der Waals surface area contributed by atoms with Gasteiger partial charge in [0.15, 0.2) is 0 Å². The lowest BCUT2D eigenvalue weighted by Gasteiger charge is -2.21. The smallest absolute Gasteiger partial charge is 0.267 e. The van der Waals surface area contributed by atoms with Gasteiger partial charge in [-0.05, 0) is 34.8 Å². The zero-order valence-corrected chi connectivity index (χ0v) is 14.0. The summed E-state index contributed by atoms with van der Waals surface area (Å²) < 4.78 is 0.462. The van der Waals surface area contributed by atoms with E-state index in [-0.39, 0.29) is 5.56 Å². The Kier molecular flexibility index (Phi) is 4.59.